The number of carbonyl (C=O) groups excluding carboxylic acids is 1. The van der Waals surface area contributed by atoms with E-state index in [0.717, 1.165) is 12.0 Å². The average Bonchev–Trinajstić information content (AvgIpc) is 2.63. The summed E-state index contributed by atoms with van der Waals surface area (Å²) in [5.74, 6) is 0.978. The number of rotatable bonds is 7. The Morgan fingerprint density at radius 1 is 1.35 bits per heavy atom. The minimum absolute atomic E-state index is 0.0412. The van der Waals surface area contributed by atoms with Crippen LogP contribution in [0.15, 0.2) is 40.8 Å². The molecule has 1 aliphatic rings. The highest BCUT2D eigenvalue weighted by molar-refractivity contribution is 7.99. The van der Waals surface area contributed by atoms with Crippen molar-refractivity contribution in [3.63, 3.8) is 0 Å². The van der Waals surface area contributed by atoms with Gasteiger partial charge in [-0.25, -0.2) is 4.98 Å². The number of aryl methyl sites for hydroxylation is 1. The van der Waals surface area contributed by atoms with Gasteiger partial charge in [-0.3, -0.25) is 14.0 Å². The molecule has 138 valence electrons. The molecule has 1 N–H and O–H groups in total. The Kier molecular flexibility index (Phi) is 6.50. The topological polar surface area (TPSA) is 63.5 Å². The van der Waals surface area contributed by atoms with Crippen LogP contribution in [0.3, 0.4) is 0 Å². The highest BCUT2D eigenvalue weighted by Gasteiger charge is 2.07. The van der Waals surface area contributed by atoms with Crippen molar-refractivity contribution in [1.82, 2.24) is 14.7 Å². The lowest BCUT2D eigenvalue weighted by atomic mass is 9.97. The maximum atomic E-state index is 12.2. The van der Waals surface area contributed by atoms with Gasteiger partial charge in [0.15, 0.2) is 0 Å². The highest BCUT2D eigenvalue weighted by Crippen LogP contribution is 2.19. The highest BCUT2D eigenvalue weighted by atomic mass is 32.2. The number of nitrogens with one attached hydrogen (secondary N) is 1. The van der Waals surface area contributed by atoms with Crippen molar-refractivity contribution in [3.8, 4) is 0 Å². The SMILES string of the molecule is Cc1ccc2nc(CSCC(=O)NCCC3=CCCCC3)cc(=O)n2c1. The van der Waals surface area contributed by atoms with E-state index in [1.807, 2.05) is 19.1 Å². The number of amides is 1. The van der Waals surface area contributed by atoms with E-state index < -0.39 is 0 Å². The van der Waals surface area contributed by atoms with Crippen LogP contribution >= 0.6 is 11.8 Å². The van der Waals surface area contributed by atoms with Gasteiger partial charge in [0.1, 0.15) is 5.65 Å². The Morgan fingerprint density at radius 2 is 2.23 bits per heavy atom. The molecule has 2 aromatic heterocycles. The second kappa shape index (κ2) is 9.03. The summed E-state index contributed by atoms with van der Waals surface area (Å²) in [6.45, 7) is 2.65. The van der Waals surface area contributed by atoms with E-state index in [0.29, 0.717) is 29.4 Å². The zero-order valence-corrected chi connectivity index (χ0v) is 16.0. The summed E-state index contributed by atoms with van der Waals surface area (Å²) in [4.78, 5) is 28.6. The second-order valence-electron chi connectivity index (χ2n) is 6.72. The molecule has 1 amide bonds. The Balaban J connectivity index is 1.44. The number of pyridine rings is 1. The van der Waals surface area contributed by atoms with Gasteiger partial charge >= 0.3 is 0 Å². The third-order valence-electron chi connectivity index (χ3n) is 4.50. The quantitative estimate of drug-likeness (QED) is 0.759. The maximum absolute atomic E-state index is 12.2. The van der Waals surface area contributed by atoms with Crippen LogP contribution in [0.4, 0.5) is 0 Å². The number of nitrogens with zero attached hydrogens (tertiary/aromatic N) is 2. The van der Waals surface area contributed by atoms with Crippen LogP contribution in [-0.4, -0.2) is 27.6 Å². The standard InChI is InChI=1S/C20H25N3O2S/c1-15-7-8-18-22-17(11-20(25)23(18)12-15)13-26-14-19(24)21-10-9-16-5-3-2-4-6-16/h5,7-8,11-12H,2-4,6,9-10,13-14H2,1H3,(H,21,24). The van der Waals surface area contributed by atoms with E-state index in [2.05, 4.69) is 16.4 Å². The van der Waals surface area contributed by atoms with E-state index in [4.69, 9.17) is 0 Å². The van der Waals surface area contributed by atoms with Crippen molar-refractivity contribution in [3.05, 3.63) is 57.7 Å². The van der Waals surface area contributed by atoms with Crippen LogP contribution in [0.2, 0.25) is 0 Å². The minimum atomic E-state index is -0.0838. The van der Waals surface area contributed by atoms with E-state index >= 15 is 0 Å². The predicted octanol–water partition coefficient (Wildman–Crippen LogP) is 3.24. The van der Waals surface area contributed by atoms with Crippen LogP contribution < -0.4 is 10.9 Å². The molecule has 0 saturated heterocycles. The molecule has 0 aliphatic heterocycles. The Hall–Kier alpha value is -2.08. The van der Waals surface area contributed by atoms with Crippen LogP contribution in [0.1, 0.15) is 43.4 Å². The molecule has 5 nitrogen and oxygen atoms in total. The Morgan fingerprint density at radius 3 is 3.04 bits per heavy atom. The first-order chi connectivity index (χ1) is 12.6. The monoisotopic (exact) mass is 371 g/mol. The summed E-state index contributed by atoms with van der Waals surface area (Å²) in [6.07, 6.45) is 9.97. The molecule has 0 fully saturated rings. The predicted molar refractivity (Wildman–Crippen MR) is 107 cm³/mol. The fourth-order valence-corrected chi connectivity index (χ4v) is 3.87. The van der Waals surface area contributed by atoms with Gasteiger partial charge in [-0.05, 0) is 50.7 Å². The Bertz CT molecular complexity index is 873. The largest absolute Gasteiger partial charge is 0.355 e. The van der Waals surface area contributed by atoms with Crippen LogP contribution in [0, 0.1) is 6.92 Å². The maximum Gasteiger partial charge on any atom is 0.258 e. The molecule has 1 aliphatic carbocycles. The smallest absolute Gasteiger partial charge is 0.258 e. The molecule has 6 heteroatoms. The molecule has 0 bridgehead atoms. The van der Waals surface area contributed by atoms with E-state index in [-0.39, 0.29) is 11.5 Å². The molecule has 3 rings (SSSR count). The zero-order chi connectivity index (χ0) is 18.4. The molecular formula is C20H25N3O2S. The zero-order valence-electron chi connectivity index (χ0n) is 15.2. The van der Waals surface area contributed by atoms with Gasteiger partial charge in [0.2, 0.25) is 5.91 Å². The van der Waals surface area contributed by atoms with Crippen molar-refractivity contribution in [2.24, 2.45) is 0 Å². The second-order valence-corrected chi connectivity index (χ2v) is 7.71. The Labute approximate surface area is 157 Å². The average molecular weight is 372 g/mol. The molecule has 0 unspecified atom stereocenters. The number of thioether (sulfide) groups is 1. The molecule has 0 radical (unpaired) electrons. The fraction of sp³-hybridized carbons (Fsp3) is 0.450. The van der Waals surface area contributed by atoms with E-state index in [1.54, 1.807) is 16.7 Å². The first-order valence-electron chi connectivity index (χ1n) is 9.13. The van der Waals surface area contributed by atoms with Crippen molar-refractivity contribution in [2.75, 3.05) is 12.3 Å². The summed E-state index contributed by atoms with van der Waals surface area (Å²) in [6, 6.07) is 5.33. The van der Waals surface area contributed by atoms with E-state index in [9.17, 15) is 9.59 Å². The van der Waals surface area contributed by atoms with Gasteiger partial charge in [0.05, 0.1) is 11.4 Å². The molecule has 0 atom stereocenters. The molecule has 0 spiro atoms. The summed E-state index contributed by atoms with van der Waals surface area (Å²) in [7, 11) is 0. The molecule has 0 aromatic carbocycles. The lowest BCUT2D eigenvalue weighted by Gasteiger charge is -2.12. The first kappa shape index (κ1) is 18.7. The van der Waals surface area contributed by atoms with Gasteiger partial charge in [-0.15, -0.1) is 11.8 Å². The fourth-order valence-electron chi connectivity index (χ4n) is 3.13. The lowest BCUT2D eigenvalue weighted by molar-refractivity contribution is -0.118. The van der Waals surface area contributed by atoms with Gasteiger partial charge in [-0.2, -0.15) is 0 Å². The third kappa shape index (κ3) is 5.21. The van der Waals surface area contributed by atoms with Gasteiger partial charge in [0.25, 0.3) is 5.56 Å². The number of hydrogen-bond donors (Lipinski definition) is 1. The molecule has 0 saturated carbocycles. The molecule has 26 heavy (non-hydrogen) atoms. The van der Waals surface area contributed by atoms with Crippen molar-refractivity contribution >= 4 is 23.3 Å². The number of aromatic nitrogens is 2. The summed E-state index contributed by atoms with van der Waals surface area (Å²) in [5, 5.41) is 2.98. The van der Waals surface area contributed by atoms with Crippen LogP contribution in [0.5, 0.6) is 0 Å². The van der Waals surface area contributed by atoms with Crippen molar-refractivity contribution in [1.29, 1.82) is 0 Å². The number of carbonyl (C=O) groups is 1. The van der Waals surface area contributed by atoms with Crippen molar-refractivity contribution in [2.45, 2.75) is 44.8 Å². The molecule has 2 heterocycles. The number of hydrogen-bond acceptors (Lipinski definition) is 4. The number of allylic oxidation sites excluding steroid dienone is 1. The molecular weight excluding hydrogens is 346 g/mol. The third-order valence-corrected chi connectivity index (χ3v) is 5.46. The van der Waals surface area contributed by atoms with Gasteiger partial charge in [-0.1, -0.05) is 17.7 Å². The van der Waals surface area contributed by atoms with Crippen LogP contribution in [0.25, 0.3) is 5.65 Å². The molecule has 2 aromatic rings. The van der Waals surface area contributed by atoms with Crippen LogP contribution in [-0.2, 0) is 10.5 Å². The van der Waals surface area contributed by atoms with Gasteiger partial charge < -0.3 is 5.32 Å². The normalized spacial score (nSPS) is 14.3. The van der Waals surface area contributed by atoms with Crippen molar-refractivity contribution < 1.29 is 4.79 Å². The summed E-state index contributed by atoms with van der Waals surface area (Å²) in [5.41, 5.74) is 3.76. The lowest BCUT2D eigenvalue weighted by Crippen LogP contribution is -2.26. The van der Waals surface area contributed by atoms with Gasteiger partial charge in [0, 0.05) is 24.6 Å². The minimum Gasteiger partial charge on any atom is -0.355 e. The first-order valence-corrected chi connectivity index (χ1v) is 10.3. The van der Waals surface area contributed by atoms with E-state index in [1.165, 1.54) is 43.0 Å². The number of fused-ring (bicyclic) bond motifs is 1. The summed E-state index contributed by atoms with van der Waals surface area (Å²) >= 11 is 1.48. The summed E-state index contributed by atoms with van der Waals surface area (Å²) < 4.78 is 1.55.